The summed E-state index contributed by atoms with van der Waals surface area (Å²) in [6, 6.07) is 0. The van der Waals surface area contributed by atoms with Crippen LogP contribution in [0.1, 0.15) is 67.7 Å². The number of hydrogen-bond donors (Lipinski definition) is 3. The molecule has 0 amide bonds. The van der Waals surface area contributed by atoms with Crippen LogP contribution in [0, 0.1) is 17.3 Å². The third-order valence-electron chi connectivity index (χ3n) is 7.53. The fraction of sp³-hybridized carbons (Fsp3) is 0.714. The van der Waals surface area contributed by atoms with Gasteiger partial charge in [-0.3, -0.25) is 9.59 Å². The number of thioether (sulfide) groups is 1. The molecule has 0 radical (unpaired) electrons. The fourth-order valence-electron chi connectivity index (χ4n) is 4.68. The number of alkyl halides is 3. The first-order chi connectivity index (χ1) is 17.8. The lowest BCUT2D eigenvalue weighted by Gasteiger charge is -2.34. The molecule has 0 spiro atoms. The molecule has 222 valence electrons. The molecule has 0 saturated carbocycles. The third kappa shape index (κ3) is 8.11. The number of halogens is 3. The molecule has 2 aliphatic heterocycles. The van der Waals surface area contributed by atoms with Crippen molar-refractivity contribution in [3.8, 4) is 0 Å². The number of aliphatic hydroxyl groups is 2. The summed E-state index contributed by atoms with van der Waals surface area (Å²) in [7, 11) is 0. The number of cyclic esters (lactones) is 1. The number of nitrogens with two attached hydrogens (primary N) is 1. The summed E-state index contributed by atoms with van der Waals surface area (Å²) in [4.78, 5) is 26.1. The van der Waals surface area contributed by atoms with Crippen molar-refractivity contribution < 1.29 is 42.4 Å². The molecule has 2 heterocycles. The Morgan fingerprint density at radius 3 is 2.41 bits per heavy atom. The van der Waals surface area contributed by atoms with E-state index in [2.05, 4.69) is 0 Å². The average molecular weight is 578 g/mol. The molecule has 0 unspecified atom stereocenters. The second-order valence-electron chi connectivity index (χ2n) is 11.5. The molecule has 4 N–H and O–H groups in total. The van der Waals surface area contributed by atoms with Gasteiger partial charge in [0, 0.05) is 35.6 Å². The quantitative estimate of drug-likeness (QED) is 0.188. The summed E-state index contributed by atoms with van der Waals surface area (Å²) in [5.74, 6) is -2.95. The first kappa shape index (κ1) is 33.4. The number of aliphatic hydroxyl groups excluding tert-OH is 2. The molecular weight excluding hydrogens is 535 g/mol. The van der Waals surface area contributed by atoms with Gasteiger partial charge in [-0.1, -0.05) is 53.7 Å². The van der Waals surface area contributed by atoms with Gasteiger partial charge in [0.2, 0.25) is 0 Å². The highest BCUT2D eigenvalue weighted by atomic mass is 32.2. The molecule has 7 atom stereocenters. The van der Waals surface area contributed by atoms with Gasteiger partial charge in [-0.15, -0.1) is 11.8 Å². The number of Topliss-reactive ketones (excluding diaryl/α,β-unsaturated/α-hetero) is 1. The van der Waals surface area contributed by atoms with E-state index in [1.54, 1.807) is 19.3 Å². The molecule has 7 nitrogen and oxygen atoms in total. The van der Waals surface area contributed by atoms with Gasteiger partial charge in [0.1, 0.15) is 18.0 Å². The van der Waals surface area contributed by atoms with Crippen LogP contribution in [-0.2, 0) is 19.1 Å². The van der Waals surface area contributed by atoms with Gasteiger partial charge in [0.25, 0.3) is 0 Å². The smallest absolute Gasteiger partial charge is 0.420 e. The first-order valence-corrected chi connectivity index (χ1v) is 14.1. The molecule has 1 fully saturated rings. The highest BCUT2D eigenvalue weighted by Crippen LogP contribution is 2.54. The Labute approximate surface area is 233 Å². The summed E-state index contributed by atoms with van der Waals surface area (Å²) < 4.78 is 53.2. The standard InChI is InChI=1S/C28H42F3NO6S/c1-15(2)39-14-19(32)11-17(4)20-12-22-27(38-22,28(29,30)31)10-8-9-16(3)24(35)18(5)25(36)26(6,7)21(33)13-23(34)37-20/h8-9,11,14-16,18,20-22,24,33,35H,10,12-13,32H2,1-7H3/b9-8+,17-11+,19-14-/t16-,18+,20-,21-,22-,24-,27+/m0/s1. The van der Waals surface area contributed by atoms with Gasteiger partial charge in [0.05, 0.1) is 24.0 Å². The van der Waals surface area contributed by atoms with Gasteiger partial charge in [-0.2, -0.15) is 13.2 Å². The van der Waals surface area contributed by atoms with E-state index in [0.29, 0.717) is 11.3 Å². The van der Waals surface area contributed by atoms with E-state index in [1.165, 1.54) is 50.8 Å². The Morgan fingerprint density at radius 1 is 1.23 bits per heavy atom. The van der Waals surface area contributed by atoms with Gasteiger partial charge >= 0.3 is 12.1 Å². The first-order valence-electron chi connectivity index (χ1n) is 13.1. The van der Waals surface area contributed by atoms with Crippen LogP contribution in [0.4, 0.5) is 13.2 Å². The van der Waals surface area contributed by atoms with Gasteiger partial charge in [-0.25, -0.2) is 0 Å². The molecule has 2 rings (SSSR count). The minimum Gasteiger partial charge on any atom is -0.458 e. The van der Waals surface area contributed by atoms with Crippen molar-refractivity contribution in [2.75, 3.05) is 0 Å². The van der Waals surface area contributed by atoms with Gasteiger partial charge in [0.15, 0.2) is 5.60 Å². The van der Waals surface area contributed by atoms with Crippen molar-refractivity contribution in [3.05, 3.63) is 34.9 Å². The number of carbonyl (C=O) groups excluding carboxylic acids is 2. The lowest BCUT2D eigenvalue weighted by Crippen LogP contribution is -2.45. The van der Waals surface area contributed by atoms with Crippen LogP contribution in [0.5, 0.6) is 0 Å². The highest BCUT2D eigenvalue weighted by Gasteiger charge is 2.72. The van der Waals surface area contributed by atoms with Crippen molar-refractivity contribution in [1.29, 1.82) is 0 Å². The number of epoxide rings is 1. The summed E-state index contributed by atoms with van der Waals surface area (Å²) >= 11 is 1.46. The van der Waals surface area contributed by atoms with Crippen LogP contribution in [0.2, 0.25) is 0 Å². The van der Waals surface area contributed by atoms with Gasteiger partial charge in [-0.05, 0) is 24.0 Å². The van der Waals surface area contributed by atoms with E-state index < -0.39 is 78.0 Å². The lowest BCUT2D eigenvalue weighted by atomic mass is 9.73. The van der Waals surface area contributed by atoms with E-state index >= 15 is 0 Å². The summed E-state index contributed by atoms with van der Waals surface area (Å²) in [6.07, 6.45) is -6.80. The van der Waals surface area contributed by atoms with Crippen molar-refractivity contribution in [2.45, 2.75) is 109 Å². The molecule has 39 heavy (non-hydrogen) atoms. The highest BCUT2D eigenvalue weighted by molar-refractivity contribution is 8.02. The molecule has 2 aliphatic rings. The Balaban J connectivity index is 2.48. The van der Waals surface area contributed by atoms with Crippen LogP contribution in [-0.4, -0.2) is 63.4 Å². The van der Waals surface area contributed by atoms with Gasteiger partial charge < -0.3 is 25.4 Å². The van der Waals surface area contributed by atoms with Crippen LogP contribution in [0.3, 0.4) is 0 Å². The molecule has 11 heteroatoms. The van der Waals surface area contributed by atoms with E-state index in [-0.39, 0.29) is 11.7 Å². The minimum absolute atomic E-state index is 0.261. The second-order valence-corrected chi connectivity index (χ2v) is 12.9. The molecule has 0 aliphatic carbocycles. The maximum absolute atomic E-state index is 14.1. The molecule has 0 bridgehead atoms. The summed E-state index contributed by atoms with van der Waals surface area (Å²) in [5.41, 5.74) is 2.97. The monoisotopic (exact) mass is 577 g/mol. The zero-order valence-electron chi connectivity index (χ0n) is 23.6. The number of ether oxygens (including phenoxy) is 2. The molecule has 0 aromatic rings. The van der Waals surface area contributed by atoms with Crippen molar-refractivity contribution in [1.82, 2.24) is 0 Å². The number of hydrogen-bond acceptors (Lipinski definition) is 8. The van der Waals surface area contributed by atoms with Crippen molar-refractivity contribution in [2.24, 2.45) is 23.0 Å². The number of allylic oxidation sites excluding steroid dienone is 1. The predicted molar refractivity (Wildman–Crippen MR) is 144 cm³/mol. The molecule has 0 aromatic heterocycles. The van der Waals surface area contributed by atoms with E-state index in [4.69, 9.17) is 15.2 Å². The van der Waals surface area contributed by atoms with Crippen LogP contribution in [0.25, 0.3) is 0 Å². The van der Waals surface area contributed by atoms with Crippen LogP contribution >= 0.6 is 11.8 Å². The minimum atomic E-state index is -4.70. The number of ketones is 1. The summed E-state index contributed by atoms with van der Waals surface area (Å²) in [5, 5.41) is 23.5. The van der Waals surface area contributed by atoms with E-state index in [1.807, 2.05) is 13.8 Å². The fourth-order valence-corrected chi connectivity index (χ4v) is 5.18. The van der Waals surface area contributed by atoms with Crippen molar-refractivity contribution >= 4 is 23.5 Å². The SMILES string of the molecule is C/C(=C\C(N)=C\SC(C)C)[C@@H]1C[C@@H]2O[C@]2(C(F)(F)F)C/C=C/[C@H](C)[C@H](O)[C@@H](C)C(=O)C(C)(C)[C@@H](O)CC(=O)O1. The van der Waals surface area contributed by atoms with Crippen LogP contribution in [0.15, 0.2) is 34.9 Å². The van der Waals surface area contributed by atoms with Crippen LogP contribution < -0.4 is 5.73 Å². The average Bonchev–Trinajstić information content (AvgIpc) is 3.53. The van der Waals surface area contributed by atoms with E-state index in [9.17, 15) is 33.0 Å². The Bertz CT molecular complexity index is 992. The third-order valence-corrected chi connectivity index (χ3v) is 8.48. The number of esters is 1. The predicted octanol–water partition coefficient (Wildman–Crippen LogP) is 4.82. The maximum Gasteiger partial charge on any atom is 0.420 e. The Morgan fingerprint density at radius 2 is 1.85 bits per heavy atom. The molecular formula is C28H42F3NO6S. The number of rotatable bonds is 4. The number of carbonyl (C=O) groups is 2. The topological polar surface area (TPSA) is 122 Å². The molecule has 0 aromatic carbocycles. The maximum atomic E-state index is 14.1. The molecule has 1 saturated heterocycles. The second kappa shape index (κ2) is 12.8. The largest absolute Gasteiger partial charge is 0.458 e. The Hall–Kier alpha value is -1.82. The normalized spacial score (nSPS) is 36.3. The zero-order valence-corrected chi connectivity index (χ0v) is 24.4. The zero-order chi connectivity index (χ0) is 29.9. The van der Waals surface area contributed by atoms with Crippen molar-refractivity contribution in [3.63, 3.8) is 0 Å². The van der Waals surface area contributed by atoms with E-state index in [0.717, 1.165) is 0 Å². The number of fused-ring (bicyclic) bond motifs is 1. The lowest BCUT2D eigenvalue weighted by molar-refractivity contribution is -0.183. The Kier molecular flexibility index (Phi) is 10.9. The summed E-state index contributed by atoms with van der Waals surface area (Å²) in [6.45, 7) is 11.6.